The molecule has 2 amide bonds. The lowest BCUT2D eigenvalue weighted by Gasteiger charge is -2.20. The number of nitrogens with zero attached hydrogens (tertiary/aromatic N) is 1. The largest absolute Gasteiger partial charge is 0.328 e. The highest BCUT2D eigenvalue weighted by Crippen LogP contribution is 2.23. The van der Waals surface area contributed by atoms with E-state index in [0.29, 0.717) is 0 Å². The predicted octanol–water partition coefficient (Wildman–Crippen LogP) is -1.44. The molecule has 0 spiro atoms. The third-order valence-corrected chi connectivity index (χ3v) is 3.64. The Morgan fingerprint density at radius 1 is 1.47 bits per heavy atom. The predicted molar refractivity (Wildman–Crippen MR) is 52.6 cm³/mol. The minimum Gasteiger partial charge on any atom is -0.328 e. The van der Waals surface area contributed by atoms with Crippen LogP contribution in [-0.4, -0.2) is 50.1 Å². The van der Waals surface area contributed by atoms with Crippen LogP contribution in [0.3, 0.4) is 0 Å². The molecule has 0 aromatic carbocycles. The molecule has 2 unspecified atom stereocenters. The number of halogens is 1. The molecule has 1 N–H and O–H groups in total. The van der Waals surface area contributed by atoms with E-state index in [4.69, 9.17) is 0 Å². The van der Waals surface area contributed by atoms with Crippen molar-refractivity contribution < 1.29 is 26.7 Å². The molecule has 9 heteroatoms. The van der Waals surface area contributed by atoms with E-state index in [1.807, 2.05) is 0 Å². The maximum Gasteiger partial charge on any atom is 0.302 e. The molecule has 2 heterocycles. The van der Waals surface area contributed by atoms with Crippen LogP contribution in [0.4, 0.5) is 3.89 Å². The molecule has 0 bridgehead atoms. The number of carbonyl (C=O) groups excluding carboxylic acids is 2. The first kappa shape index (κ1) is 12.2. The van der Waals surface area contributed by atoms with Gasteiger partial charge in [0.1, 0.15) is 12.6 Å². The third-order valence-electron chi connectivity index (χ3n) is 2.77. The summed E-state index contributed by atoms with van der Waals surface area (Å²) in [5.41, 5.74) is 2.10. The summed E-state index contributed by atoms with van der Waals surface area (Å²) in [6.45, 7) is 0.0864. The van der Waals surface area contributed by atoms with E-state index in [1.54, 1.807) is 0 Å². The monoisotopic (exact) mass is 266 g/mol. The number of amides is 2. The molecule has 0 aromatic rings. The van der Waals surface area contributed by atoms with Crippen LogP contribution in [-0.2, 0) is 24.6 Å². The van der Waals surface area contributed by atoms with Gasteiger partial charge in [0.25, 0.3) is 5.91 Å². The Bertz CT molecular complexity index is 451. The number of hydroxylamine groups is 1. The molecule has 0 aromatic heterocycles. The number of carbonyl (C=O) groups is 2. The van der Waals surface area contributed by atoms with Crippen molar-refractivity contribution in [2.24, 2.45) is 5.92 Å². The van der Waals surface area contributed by atoms with Gasteiger partial charge in [0.05, 0.1) is 5.75 Å². The fourth-order valence-corrected chi connectivity index (χ4v) is 2.86. The normalized spacial score (nSPS) is 29.8. The quantitative estimate of drug-likeness (QED) is 0.632. The van der Waals surface area contributed by atoms with Crippen molar-refractivity contribution in [3.8, 4) is 0 Å². The van der Waals surface area contributed by atoms with Crippen molar-refractivity contribution in [3.63, 3.8) is 0 Å². The highest BCUT2D eigenvalue weighted by Gasteiger charge is 2.41. The van der Waals surface area contributed by atoms with Crippen LogP contribution in [0.1, 0.15) is 6.42 Å². The number of hydrogen-bond acceptors (Lipinski definition) is 5. The van der Waals surface area contributed by atoms with Crippen LogP contribution >= 0.6 is 0 Å². The fourth-order valence-electron chi connectivity index (χ4n) is 2.07. The fraction of sp³-hybridized carbons (Fsp3) is 0.750. The van der Waals surface area contributed by atoms with Crippen molar-refractivity contribution in [2.75, 3.05) is 18.9 Å². The van der Waals surface area contributed by atoms with Gasteiger partial charge in [-0.05, 0) is 0 Å². The topological polar surface area (TPSA) is 92.8 Å². The Labute approximate surface area is 97.1 Å². The lowest BCUT2D eigenvalue weighted by molar-refractivity contribution is -0.135. The molecule has 2 rings (SSSR count). The van der Waals surface area contributed by atoms with Gasteiger partial charge in [0.2, 0.25) is 5.91 Å². The van der Waals surface area contributed by atoms with Crippen molar-refractivity contribution in [2.45, 2.75) is 12.5 Å². The van der Waals surface area contributed by atoms with Gasteiger partial charge in [-0.15, -0.1) is 3.89 Å². The van der Waals surface area contributed by atoms with Gasteiger partial charge < -0.3 is 4.90 Å². The summed E-state index contributed by atoms with van der Waals surface area (Å²) in [6, 6.07) is -0.741. The van der Waals surface area contributed by atoms with Crippen LogP contribution in [0, 0.1) is 5.92 Å². The SMILES string of the molecule is O=C1NOCC1N1CC(CS(=O)(=O)F)CC1=O. The molecule has 7 nitrogen and oxygen atoms in total. The van der Waals surface area contributed by atoms with E-state index in [-0.39, 0.29) is 25.5 Å². The van der Waals surface area contributed by atoms with E-state index in [2.05, 4.69) is 10.3 Å². The lowest BCUT2D eigenvalue weighted by atomic mass is 10.1. The highest BCUT2D eigenvalue weighted by atomic mass is 32.3. The zero-order valence-corrected chi connectivity index (χ0v) is 9.57. The summed E-state index contributed by atoms with van der Waals surface area (Å²) < 4.78 is 33.5. The van der Waals surface area contributed by atoms with Crippen molar-refractivity contribution in [1.82, 2.24) is 10.4 Å². The van der Waals surface area contributed by atoms with Gasteiger partial charge in [0.15, 0.2) is 0 Å². The molecular weight excluding hydrogens is 255 g/mol. The average molecular weight is 266 g/mol. The van der Waals surface area contributed by atoms with Crippen LogP contribution in [0.15, 0.2) is 0 Å². The summed E-state index contributed by atoms with van der Waals surface area (Å²) in [7, 11) is -4.60. The zero-order chi connectivity index (χ0) is 12.6. The minimum atomic E-state index is -4.60. The minimum absolute atomic E-state index is 0.0274. The Balaban J connectivity index is 2.02. The Morgan fingerprint density at radius 2 is 2.18 bits per heavy atom. The maximum atomic E-state index is 12.5. The van der Waals surface area contributed by atoms with E-state index in [9.17, 15) is 21.9 Å². The van der Waals surface area contributed by atoms with Gasteiger partial charge in [0, 0.05) is 18.9 Å². The summed E-state index contributed by atoms with van der Waals surface area (Å²) in [5, 5.41) is 0. The molecule has 2 aliphatic rings. The molecule has 96 valence electrons. The van der Waals surface area contributed by atoms with Gasteiger partial charge in [-0.1, -0.05) is 0 Å². The lowest BCUT2D eigenvalue weighted by Crippen LogP contribution is -2.43. The van der Waals surface area contributed by atoms with Crippen LogP contribution in [0.2, 0.25) is 0 Å². The van der Waals surface area contributed by atoms with Crippen LogP contribution < -0.4 is 5.48 Å². The second kappa shape index (κ2) is 4.22. The smallest absolute Gasteiger partial charge is 0.302 e. The molecule has 0 radical (unpaired) electrons. The Morgan fingerprint density at radius 3 is 2.71 bits per heavy atom. The number of hydrogen-bond donors (Lipinski definition) is 1. The molecule has 0 aliphatic carbocycles. The molecule has 0 saturated carbocycles. The second-order valence-electron chi connectivity index (χ2n) is 4.11. The summed E-state index contributed by atoms with van der Waals surface area (Å²) >= 11 is 0. The molecule has 17 heavy (non-hydrogen) atoms. The maximum absolute atomic E-state index is 12.5. The number of nitrogens with one attached hydrogen (secondary N) is 1. The van der Waals surface area contributed by atoms with Crippen LogP contribution in [0.25, 0.3) is 0 Å². The Kier molecular flexibility index (Phi) is 3.04. The van der Waals surface area contributed by atoms with E-state index in [0.717, 1.165) is 0 Å². The van der Waals surface area contributed by atoms with Crippen molar-refractivity contribution in [3.05, 3.63) is 0 Å². The first-order valence-corrected chi connectivity index (χ1v) is 6.55. The average Bonchev–Trinajstić information content (AvgIpc) is 2.70. The van der Waals surface area contributed by atoms with E-state index < -0.39 is 33.8 Å². The van der Waals surface area contributed by atoms with E-state index >= 15 is 0 Å². The zero-order valence-electron chi connectivity index (χ0n) is 8.76. The molecule has 2 aliphatic heterocycles. The highest BCUT2D eigenvalue weighted by molar-refractivity contribution is 7.86. The molecule has 2 saturated heterocycles. The van der Waals surface area contributed by atoms with Crippen molar-refractivity contribution >= 4 is 22.0 Å². The summed E-state index contributed by atoms with van der Waals surface area (Å²) in [5.74, 6) is -2.10. The van der Waals surface area contributed by atoms with Crippen molar-refractivity contribution in [1.29, 1.82) is 0 Å². The van der Waals surface area contributed by atoms with Crippen LogP contribution in [0.5, 0.6) is 0 Å². The molecule has 2 fully saturated rings. The van der Waals surface area contributed by atoms with Gasteiger partial charge in [-0.2, -0.15) is 8.42 Å². The molecule has 2 atom stereocenters. The third kappa shape index (κ3) is 2.72. The number of rotatable bonds is 3. The Hall–Kier alpha value is -1.22. The summed E-state index contributed by atoms with van der Waals surface area (Å²) in [4.78, 5) is 28.8. The van der Waals surface area contributed by atoms with Gasteiger partial charge in [-0.3, -0.25) is 14.4 Å². The first-order valence-electron chi connectivity index (χ1n) is 5.00. The molecular formula is C8H11FN2O5S. The standard InChI is InChI=1S/C8H11FN2O5S/c9-17(14,15)4-5-1-7(12)11(2-5)6-3-16-10-8(6)13/h5-6H,1-4H2,(H,10,13). The van der Waals surface area contributed by atoms with Gasteiger partial charge >= 0.3 is 10.2 Å². The number of likely N-dealkylation sites (tertiary alicyclic amines) is 1. The summed E-state index contributed by atoms with van der Waals surface area (Å²) in [6.07, 6.45) is -0.0626. The second-order valence-corrected chi connectivity index (χ2v) is 5.53. The van der Waals surface area contributed by atoms with E-state index in [1.165, 1.54) is 4.90 Å². The van der Waals surface area contributed by atoms with Gasteiger partial charge in [-0.25, -0.2) is 5.48 Å². The first-order chi connectivity index (χ1) is 7.87.